The Bertz CT molecular complexity index is 566. The van der Waals surface area contributed by atoms with Crippen LogP contribution >= 0.6 is 0 Å². The van der Waals surface area contributed by atoms with E-state index in [0.29, 0.717) is 5.92 Å². The largest absolute Gasteiger partial charge is 0.358 e. The summed E-state index contributed by atoms with van der Waals surface area (Å²) >= 11 is 0. The van der Waals surface area contributed by atoms with Gasteiger partial charge in [0.2, 0.25) is 0 Å². The van der Waals surface area contributed by atoms with E-state index in [4.69, 9.17) is 5.73 Å². The second-order valence-electron chi connectivity index (χ2n) is 5.43. The molecule has 3 N–H and O–H groups in total. The highest BCUT2D eigenvalue weighted by molar-refractivity contribution is 5.88. The van der Waals surface area contributed by atoms with Crippen LogP contribution < -0.4 is 5.73 Å². The molecule has 1 aromatic heterocycles. The van der Waals surface area contributed by atoms with Gasteiger partial charge in [0, 0.05) is 16.6 Å². The quantitative estimate of drug-likeness (QED) is 0.774. The van der Waals surface area contributed by atoms with Gasteiger partial charge in [-0.25, -0.2) is 0 Å². The molecule has 0 amide bonds. The third kappa shape index (κ3) is 1.67. The number of H-pyrrole nitrogens is 1. The molecule has 2 aromatic rings. The molecule has 0 spiro atoms. The lowest BCUT2D eigenvalue weighted by Gasteiger charge is -2.21. The fraction of sp³-hybridized carbons (Fsp3) is 0.467. The summed E-state index contributed by atoms with van der Waals surface area (Å²) in [5.74, 6) is 0.669. The van der Waals surface area contributed by atoms with Gasteiger partial charge < -0.3 is 10.7 Å². The van der Waals surface area contributed by atoms with Crippen molar-refractivity contribution >= 4 is 10.9 Å². The SMILES string of the molecule is Cc1cc(C)c2c3c([nH]c2c1)CCC(CN)C3. The molecule has 1 aliphatic carbocycles. The van der Waals surface area contributed by atoms with Crippen LogP contribution in [0.2, 0.25) is 0 Å². The van der Waals surface area contributed by atoms with Gasteiger partial charge in [0.25, 0.3) is 0 Å². The van der Waals surface area contributed by atoms with Crippen LogP contribution in [-0.2, 0) is 12.8 Å². The second-order valence-corrected chi connectivity index (χ2v) is 5.43. The normalized spacial score (nSPS) is 19.6. The first-order valence-corrected chi connectivity index (χ1v) is 6.49. The first kappa shape index (κ1) is 10.8. The molecule has 2 heteroatoms. The molecule has 0 saturated heterocycles. The van der Waals surface area contributed by atoms with E-state index in [1.54, 1.807) is 0 Å². The predicted molar refractivity (Wildman–Crippen MR) is 72.3 cm³/mol. The highest BCUT2D eigenvalue weighted by Gasteiger charge is 2.22. The lowest BCUT2D eigenvalue weighted by Crippen LogP contribution is -2.21. The zero-order chi connectivity index (χ0) is 12.0. The third-order valence-corrected chi connectivity index (χ3v) is 4.06. The smallest absolute Gasteiger partial charge is 0.0464 e. The minimum absolute atomic E-state index is 0.669. The van der Waals surface area contributed by atoms with Crippen molar-refractivity contribution < 1.29 is 0 Å². The summed E-state index contributed by atoms with van der Waals surface area (Å²) in [5.41, 5.74) is 12.8. The summed E-state index contributed by atoms with van der Waals surface area (Å²) in [5, 5.41) is 1.45. The average molecular weight is 228 g/mol. The summed E-state index contributed by atoms with van der Waals surface area (Å²) in [6, 6.07) is 4.54. The number of nitrogens with two attached hydrogens (primary N) is 1. The number of fused-ring (bicyclic) bond motifs is 3. The van der Waals surface area contributed by atoms with Crippen molar-refractivity contribution in [1.29, 1.82) is 0 Å². The maximum Gasteiger partial charge on any atom is 0.0464 e. The van der Waals surface area contributed by atoms with Gasteiger partial charge in [-0.2, -0.15) is 0 Å². The van der Waals surface area contributed by atoms with Gasteiger partial charge in [-0.05, 0) is 68.3 Å². The number of aryl methyl sites for hydroxylation is 3. The highest BCUT2D eigenvalue weighted by atomic mass is 14.7. The number of benzene rings is 1. The lowest BCUT2D eigenvalue weighted by molar-refractivity contribution is 0.468. The van der Waals surface area contributed by atoms with Crippen molar-refractivity contribution in [3.8, 4) is 0 Å². The zero-order valence-corrected chi connectivity index (χ0v) is 10.6. The van der Waals surface area contributed by atoms with Crippen LogP contribution in [0.5, 0.6) is 0 Å². The molecule has 1 aromatic carbocycles. The van der Waals surface area contributed by atoms with Gasteiger partial charge >= 0.3 is 0 Å². The molecule has 0 saturated carbocycles. The Kier molecular flexibility index (Phi) is 2.48. The van der Waals surface area contributed by atoms with E-state index in [0.717, 1.165) is 19.4 Å². The fourth-order valence-corrected chi connectivity index (χ4v) is 3.23. The lowest BCUT2D eigenvalue weighted by atomic mass is 9.85. The van der Waals surface area contributed by atoms with Crippen LogP contribution in [0.3, 0.4) is 0 Å². The van der Waals surface area contributed by atoms with Crippen LogP contribution in [0.1, 0.15) is 28.8 Å². The Balaban J connectivity index is 2.21. The van der Waals surface area contributed by atoms with Gasteiger partial charge in [0.15, 0.2) is 0 Å². The number of aromatic nitrogens is 1. The minimum atomic E-state index is 0.669. The van der Waals surface area contributed by atoms with Crippen molar-refractivity contribution in [2.45, 2.75) is 33.1 Å². The topological polar surface area (TPSA) is 41.8 Å². The molecule has 17 heavy (non-hydrogen) atoms. The van der Waals surface area contributed by atoms with Gasteiger partial charge in [0.05, 0.1) is 0 Å². The average Bonchev–Trinajstić information content (AvgIpc) is 2.65. The van der Waals surface area contributed by atoms with Gasteiger partial charge in [-0.1, -0.05) is 6.07 Å². The van der Waals surface area contributed by atoms with Crippen molar-refractivity contribution in [2.24, 2.45) is 11.7 Å². The van der Waals surface area contributed by atoms with Gasteiger partial charge in [0.1, 0.15) is 0 Å². The van der Waals surface area contributed by atoms with E-state index in [2.05, 4.69) is 31.0 Å². The van der Waals surface area contributed by atoms with E-state index < -0.39 is 0 Å². The predicted octanol–water partition coefficient (Wildman–Crippen LogP) is 2.85. The van der Waals surface area contributed by atoms with Crippen LogP contribution in [-0.4, -0.2) is 11.5 Å². The van der Waals surface area contributed by atoms with E-state index >= 15 is 0 Å². The van der Waals surface area contributed by atoms with E-state index in [9.17, 15) is 0 Å². The standard InChI is InChI=1S/C15H20N2/c1-9-5-10(2)15-12-7-11(8-16)3-4-13(12)17-14(15)6-9/h5-6,11,17H,3-4,7-8,16H2,1-2H3. The van der Waals surface area contributed by atoms with Crippen molar-refractivity contribution in [3.05, 3.63) is 34.5 Å². The summed E-state index contributed by atoms with van der Waals surface area (Å²) in [6.45, 7) is 5.20. The van der Waals surface area contributed by atoms with Crippen molar-refractivity contribution in [1.82, 2.24) is 4.98 Å². The zero-order valence-electron chi connectivity index (χ0n) is 10.6. The van der Waals surface area contributed by atoms with Gasteiger partial charge in [-0.3, -0.25) is 0 Å². The second kappa shape index (κ2) is 3.88. The molecule has 1 unspecified atom stereocenters. The summed E-state index contributed by atoms with van der Waals surface area (Å²) < 4.78 is 0. The van der Waals surface area contributed by atoms with E-state index in [1.165, 1.54) is 39.7 Å². The molecule has 90 valence electrons. The Hall–Kier alpha value is -1.28. The maximum atomic E-state index is 5.83. The Morgan fingerprint density at radius 1 is 1.35 bits per heavy atom. The highest BCUT2D eigenvalue weighted by Crippen LogP contribution is 2.33. The van der Waals surface area contributed by atoms with Crippen LogP contribution in [0.15, 0.2) is 12.1 Å². The Labute approximate surface area is 102 Å². The first-order chi connectivity index (χ1) is 8.19. The van der Waals surface area contributed by atoms with Crippen LogP contribution in [0.25, 0.3) is 10.9 Å². The minimum Gasteiger partial charge on any atom is -0.358 e. The fourth-order valence-electron chi connectivity index (χ4n) is 3.23. The summed E-state index contributed by atoms with van der Waals surface area (Å²) in [4.78, 5) is 3.60. The Morgan fingerprint density at radius 3 is 2.94 bits per heavy atom. The van der Waals surface area contributed by atoms with Crippen LogP contribution in [0, 0.1) is 19.8 Å². The monoisotopic (exact) mass is 228 g/mol. The van der Waals surface area contributed by atoms with Crippen molar-refractivity contribution in [3.63, 3.8) is 0 Å². The van der Waals surface area contributed by atoms with Crippen molar-refractivity contribution in [2.75, 3.05) is 6.54 Å². The summed E-state index contributed by atoms with van der Waals surface area (Å²) in [6.07, 6.45) is 3.54. The molecule has 0 bridgehead atoms. The molecule has 0 radical (unpaired) electrons. The molecular formula is C15H20N2. The summed E-state index contributed by atoms with van der Waals surface area (Å²) in [7, 11) is 0. The number of aromatic amines is 1. The third-order valence-electron chi connectivity index (χ3n) is 4.06. The molecule has 1 heterocycles. The van der Waals surface area contributed by atoms with E-state index in [-0.39, 0.29) is 0 Å². The Morgan fingerprint density at radius 2 is 2.18 bits per heavy atom. The molecule has 1 atom stereocenters. The molecular weight excluding hydrogens is 208 g/mol. The van der Waals surface area contributed by atoms with Gasteiger partial charge in [-0.15, -0.1) is 0 Å². The number of hydrogen-bond donors (Lipinski definition) is 2. The number of rotatable bonds is 1. The van der Waals surface area contributed by atoms with Crippen LogP contribution in [0.4, 0.5) is 0 Å². The molecule has 2 nitrogen and oxygen atoms in total. The number of nitrogens with one attached hydrogen (secondary N) is 1. The molecule has 3 rings (SSSR count). The van der Waals surface area contributed by atoms with E-state index in [1.807, 2.05) is 0 Å². The molecule has 0 fully saturated rings. The molecule has 0 aliphatic heterocycles. The molecule has 1 aliphatic rings. The number of hydrogen-bond acceptors (Lipinski definition) is 1. The maximum absolute atomic E-state index is 5.83. The first-order valence-electron chi connectivity index (χ1n) is 6.49.